The van der Waals surface area contributed by atoms with Gasteiger partial charge in [0.05, 0.1) is 0 Å². The molecule has 0 saturated heterocycles. The van der Waals surface area contributed by atoms with Gasteiger partial charge in [0.1, 0.15) is 0 Å². The van der Waals surface area contributed by atoms with Crippen molar-refractivity contribution in [3.8, 4) is 0 Å². The molecule has 0 bridgehead atoms. The molecular formula is C17H32N4O. The Balaban J connectivity index is 2.12. The maximum Gasteiger partial charge on any atom is 0.220 e. The molecule has 0 heterocycles. The highest BCUT2D eigenvalue weighted by molar-refractivity contribution is 5.79. The molecule has 1 fully saturated rings. The third-order valence-electron chi connectivity index (χ3n) is 4.15. The van der Waals surface area contributed by atoms with E-state index in [0.717, 1.165) is 25.3 Å². The van der Waals surface area contributed by atoms with E-state index in [1.807, 2.05) is 13.1 Å². The molecule has 0 aromatic rings. The quantitative estimate of drug-likeness (QED) is 0.297. The van der Waals surface area contributed by atoms with Crippen LogP contribution in [0.15, 0.2) is 17.6 Å². The number of carbonyl (C=O) groups excluding carboxylic acids is 1. The Labute approximate surface area is 135 Å². The van der Waals surface area contributed by atoms with Crippen LogP contribution in [0.25, 0.3) is 0 Å². The van der Waals surface area contributed by atoms with Gasteiger partial charge >= 0.3 is 0 Å². The van der Waals surface area contributed by atoms with Gasteiger partial charge in [-0.15, -0.1) is 6.58 Å². The molecule has 22 heavy (non-hydrogen) atoms. The Morgan fingerprint density at radius 1 is 1.32 bits per heavy atom. The van der Waals surface area contributed by atoms with Crippen molar-refractivity contribution >= 4 is 11.9 Å². The molecule has 2 N–H and O–H groups in total. The normalized spacial score (nSPS) is 15.6. The van der Waals surface area contributed by atoms with Crippen molar-refractivity contribution in [2.24, 2.45) is 10.9 Å². The molecule has 0 aromatic heterocycles. The van der Waals surface area contributed by atoms with Crippen LogP contribution in [-0.2, 0) is 4.79 Å². The molecule has 0 atom stereocenters. The van der Waals surface area contributed by atoms with E-state index in [0.29, 0.717) is 25.4 Å². The zero-order valence-corrected chi connectivity index (χ0v) is 14.2. The number of nitrogens with one attached hydrogen (secondary N) is 2. The minimum atomic E-state index is 0.183. The third-order valence-corrected chi connectivity index (χ3v) is 4.15. The van der Waals surface area contributed by atoms with Crippen molar-refractivity contribution in [3.63, 3.8) is 0 Å². The molecule has 0 aromatic carbocycles. The average Bonchev–Trinajstić information content (AvgIpc) is 3.00. The van der Waals surface area contributed by atoms with Crippen LogP contribution < -0.4 is 10.6 Å². The number of aliphatic imine (C=N–C) groups is 1. The number of allylic oxidation sites excluding steroid dienone is 1. The summed E-state index contributed by atoms with van der Waals surface area (Å²) in [5, 5.41) is 6.27. The fourth-order valence-corrected chi connectivity index (χ4v) is 2.89. The number of nitrogens with zero attached hydrogens (tertiary/aromatic N) is 2. The summed E-state index contributed by atoms with van der Waals surface area (Å²) in [6.07, 6.45) is 9.71. The molecule has 126 valence electrons. The van der Waals surface area contributed by atoms with E-state index in [1.165, 1.54) is 25.7 Å². The zero-order chi connectivity index (χ0) is 16.2. The number of hydrogen-bond acceptors (Lipinski definition) is 2. The molecule has 1 aliphatic rings. The van der Waals surface area contributed by atoms with Gasteiger partial charge in [-0.1, -0.05) is 18.9 Å². The second kappa shape index (κ2) is 11.1. The fraction of sp³-hybridized carbons (Fsp3) is 0.765. The highest BCUT2D eigenvalue weighted by atomic mass is 16.1. The smallest absolute Gasteiger partial charge is 0.220 e. The lowest BCUT2D eigenvalue weighted by Crippen LogP contribution is -2.42. The average molecular weight is 308 g/mol. The minimum absolute atomic E-state index is 0.183. The van der Waals surface area contributed by atoms with Crippen molar-refractivity contribution in [1.29, 1.82) is 0 Å². The highest BCUT2D eigenvalue weighted by Crippen LogP contribution is 2.27. The summed E-state index contributed by atoms with van der Waals surface area (Å²) in [6.45, 7) is 6.02. The predicted molar refractivity (Wildman–Crippen MR) is 93.0 cm³/mol. The Kier molecular flexibility index (Phi) is 9.35. The predicted octanol–water partition coefficient (Wildman–Crippen LogP) is 2.16. The van der Waals surface area contributed by atoms with Crippen molar-refractivity contribution in [2.75, 3.05) is 33.7 Å². The first-order chi connectivity index (χ1) is 10.7. The van der Waals surface area contributed by atoms with E-state index < -0.39 is 0 Å². The van der Waals surface area contributed by atoms with Gasteiger partial charge in [-0.05, 0) is 31.6 Å². The molecule has 1 aliphatic carbocycles. The lowest BCUT2D eigenvalue weighted by molar-refractivity contribution is -0.121. The van der Waals surface area contributed by atoms with Gasteiger partial charge in [0.2, 0.25) is 5.91 Å². The van der Waals surface area contributed by atoms with Gasteiger partial charge < -0.3 is 15.5 Å². The Morgan fingerprint density at radius 2 is 2.00 bits per heavy atom. The van der Waals surface area contributed by atoms with Gasteiger partial charge in [0, 0.05) is 40.2 Å². The summed E-state index contributed by atoms with van der Waals surface area (Å²) < 4.78 is 0. The van der Waals surface area contributed by atoms with Crippen molar-refractivity contribution in [1.82, 2.24) is 15.5 Å². The van der Waals surface area contributed by atoms with Gasteiger partial charge in [0.15, 0.2) is 5.96 Å². The third kappa shape index (κ3) is 7.48. The second-order valence-corrected chi connectivity index (χ2v) is 6.03. The van der Waals surface area contributed by atoms with Crippen LogP contribution in [0, 0.1) is 5.92 Å². The molecule has 0 radical (unpaired) electrons. The number of unbranched alkanes of at least 4 members (excludes halogenated alkanes) is 1. The van der Waals surface area contributed by atoms with Gasteiger partial charge in [-0.25, -0.2) is 0 Å². The summed E-state index contributed by atoms with van der Waals surface area (Å²) in [5.74, 6) is 1.66. The van der Waals surface area contributed by atoms with E-state index in [9.17, 15) is 4.79 Å². The van der Waals surface area contributed by atoms with E-state index in [1.54, 1.807) is 7.05 Å². The van der Waals surface area contributed by atoms with Crippen LogP contribution >= 0.6 is 0 Å². The number of rotatable bonds is 9. The van der Waals surface area contributed by atoms with Crippen LogP contribution in [0.3, 0.4) is 0 Å². The molecule has 5 heteroatoms. The first-order valence-electron chi connectivity index (χ1n) is 8.46. The van der Waals surface area contributed by atoms with Gasteiger partial charge in [0.25, 0.3) is 0 Å². The first kappa shape index (κ1) is 18.5. The minimum Gasteiger partial charge on any atom is -0.354 e. The van der Waals surface area contributed by atoms with Crippen molar-refractivity contribution < 1.29 is 4.79 Å². The summed E-state index contributed by atoms with van der Waals surface area (Å²) in [4.78, 5) is 18.2. The maximum absolute atomic E-state index is 11.8. The second-order valence-electron chi connectivity index (χ2n) is 6.03. The Morgan fingerprint density at radius 3 is 2.64 bits per heavy atom. The topological polar surface area (TPSA) is 56.7 Å². The van der Waals surface area contributed by atoms with Crippen LogP contribution in [0.4, 0.5) is 0 Å². The molecule has 5 nitrogen and oxygen atoms in total. The van der Waals surface area contributed by atoms with Crippen LogP contribution in [0.1, 0.15) is 44.9 Å². The molecule has 0 aliphatic heterocycles. The lowest BCUT2D eigenvalue weighted by Gasteiger charge is -2.22. The van der Waals surface area contributed by atoms with Crippen LogP contribution in [0.5, 0.6) is 0 Å². The largest absolute Gasteiger partial charge is 0.354 e. The monoisotopic (exact) mass is 308 g/mol. The van der Waals surface area contributed by atoms with Crippen LogP contribution in [0.2, 0.25) is 0 Å². The molecule has 1 saturated carbocycles. The first-order valence-corrected chi connectivity index (χ1v) is 8.46. The Hall–Kier alpha value is -1.52. The van der Waals surface area contributed by atoms with Crippen molar-refractivity contribution in [2.45, 2.75) is 44.9 Å². The van der Waals surface area contributed by atoms with Crippen molar-refractivity contribution in [3.05, 3.63) is 12.7 Å². The van der Waals surface area contributed by atoms with E-state index >= 15 is 0 Å². The molecule has 1 rings (SSSR count). The molecule has 0 unspecified atom stereocenters. The fourth-order valence-electron chi connectivity index (χ4n) is 2.89. The number of hydrogen-bond donors (Lipinski definition) is 2. The molecular weight excluding hydrogens is 276 g/mol. The summed E-state index contributed by atoms with van der Waals surface area (Å²) in [6, 6.07) is 0. The molecule has 1 amide bonds. The van der Waals surface area contributed by atoms with E-state index in [2.05, 4.69) is 27.1 Å². The summed E-state index contributed by atoms with van der Waals surface area (Å²) in [7, 11) is 3.81. The summed E-state index contributed by atoms with van der Waals surface area (Å²) in [5.41, 5.74) is 0. The highest BCUT2D eigenvalue weighted by Gasteiger charge is 2.17. The van der Waals surface area contributed by atoms with E-state index in [-0.39, 0.29) is 5.91 Å². The maximum atomic E-state index is 11.8. The number of amides is 1. The van der Waals surface area contributed by atoms with Gasteiger partial charge in [-0.3, -0.25) is 9.79 Å². The standard InChI is InChI=1S/C17H32N4O/c1-4-5-8-13-21(3)17(18-2)20-12-11-19-16(22)14-15-9-6-7-10-15/h4,15H,1,5-14H2,2-3H3,(H,18,20)(H,19,22). The van der Waals surface area contributed by atoms with Gasteiger partial charge in [-0.2, -0.15) is 0 Å². The summed E-state index contributed by atoms with van der Waals surface area (Å²) >= 11 is 0. The van der Waals surface area contributed by atoms with E-state index in [4.69, 9.17) is 0 Å². The number of guanidine groups is 1. The number of carbonyl (C=O) groups is 1. The molecule has 0 spiro atoms. The SMILES string of the molecule is C=CCCCN(C)C(=NC)NCCNC(=O)CC1CCCC1. The lowest BCUT2D eigenvalue weighted by atomic mass is 10.0. The zero-order valence-electron chi connectivity index (χ0n) is 14.2. The van der Waals surface area contributed by atoms with Crippen LogP contribution in [-0.4, -0.2) is 50.5 Å². The Bertz CT molecular complexity index is 362.